The van der Waals surface area contributed by atoms with E-state index in [0.29, 0.717) is 41.0 Å². The smallest absolute Gasteiger partial charge is 0.224 e. The van der Waals surface area contributed by atoms with Crippen molar-refractivity contribution >= 4 is 17.5 Å². The molecule has 1 aromatic carbocycles. The van der Waals surface area contributed by atoms with Crippen LogP contribution in [0.1, 0.15) is 32.8 Å². The molecule has 0 saturated heterocycles. The summed E-state index contributed by atoms with van der Waals surface area (Å²) in [4.78, 5) is 36.6. The van der Waals surface area contributed by atoms with Gasteiger partial charge in [0.05, 0.1) is 13.5 Å². The van der Waals surface area contributed by atoms with E-state index in [4.69, 9.17) is 4.74 Å². The third kappa shape index (κ3) is 4.05. The lowest BCUT2D eigenvalue weighted by atomic mass is 9.84. The number of methoxy groups -OCH3 is 1. The molecule has 0 aliphatic heterocycles. The lowest BCUT2D eigenvalue weighted by Crippen LogP contribution is -2.29. The van der Waals surface area contributed by atoms with Gasteiger partial charge in [-0.15, -0.1) is 0 Å². The quantitative estimate of drug-likeness (QED) is 0.807. The number of Topliss-reactive ketones (excluding diaryl/α,β-unsaturated/α-hetero) is 2. The second kappa shape index (κ2) is 7.92. The highest BCUT2D eigenvalue weighted by Gasteiger charge is 2.27. The summed E-state index contributed by atoms with van der Waals surface area (Å²) in [7, 11) is 1.57. The first-order valence-electron chi connectivity index (χ1n) is 8.22. The Labute approximate surface area is 147 Å². The van der Waals surface area contributed by atoms with E-state index in [1.807, 2.05) is 18.2 Å². The number of ketones is 2. The number of hydrogen-bond donors (Lipinski definition) is 1. The fourth-order valence-electron chi connectivity index (χ4n) is 2.87. The van der Waals surface area contributed by atoms with Crippen molar-refractivity contribution in [1.29, 1.82) is 0 Å². The molecule has 1 N–H and O–H groups in total. The van der Waals surface area contributed by atoms with E-state index in [0.717, 1.165) is 5.56 Å². The van der Waals surface area contributed by atoms with Crippen molar-refractivity contribution in [3.8, 4) is 5.75 Å². The summed E-state index contributed by atoms with van der Waals surface area (Å²) in [5, 5.41) is 2.80. The molecule has 1 amide bonds. The van der Waals surface area contributed by atoms with Crippen molar-refractivity contribution in [1.82, 2.24) is 5.32 Å². The van der Waals surface area contributed by atoms with Crippen molar-refractivity contribution < 1.29 is 19.1 Å². The Balaban J connectivity index is 1.95. The summed E-state index contributed by atoms with van der Waals surface area (Å²) in [6, 6.07) is 7.34. The number of hydrogen-bond acceptors (Lipinski definition) is 4. The Morgan fingerprint density at radius 1 is 1.00 bits per heavy atom. The molecule has 25 heavy (non-hydrogen) atoms. The number of para-hydroxylation sites is 1. The fraction of sp³-hybridized carbons (Fsp3) is 0.350. The zero-order valence-corrected chi connectivity index (χ0v) is 15.1. The first-order valence-corrected chi connectivity index (χ1v) is 8.22. The van der Waals surface area contributed by atoms with Crippen LogP contribution in [0.5, 0.6) is 5.75 Å². The molecule has 1 aliphatic rings. The van der Waals surface area contributed by atoms with Crippen LogP contribution in [-0.4, -0.2) is 31.1 Å². The van der Waals surface area contributed by atoms with Gasteiger partial charge in [-0.05, 0) is 33.3 Å². The Morgan fingerprint density at radius 3 is 2.32 bits per heavy atom. The van der Waals surface area contributed by atoms with Crippen molar-refractivity contribution in [3.63, 3.8) is 0 Å². The standard InChI is InChI=1S/C20H23NO4/c1-12-13(2)20(24)16(14(3)19(12)23)9-10-21-18(22)11-15-7-5-6-8-17(15)25-4/h5-8H,9-11H2,1-4H3,(H,21,22). The lowest BCUT2D eigenvalue weighted by molar-refractivity contribution is -0.120. The molecule has 1 aliphatic carbocycles. The van der Waals surface area contributed by atoms with Crippen LogP contribution < -0.4 is 10.1 Å². The van der Waals surface area contributed by atoms with E-state index >= 15 is 0 Å². The second-order valence-corrected chi connectivity index (χ2v) is 6.10. The molecule has 1 aromatic rings. The number of amides is 1. The van der Waals surface area contributed by atoms with E-state index in [-0.39, 0.29) is 23.9 Å². The summed E-state index contributed by atoms with van der Waals surface area (Å²) >= 11 is 0. The summed E-state index contributed by atoms with van der Waals surface area (Å²) in [6.07, 6.45) is 0.547. The van der Waals surface area contributed by atoms with Gasteiger partial charge in [-0.1, -0.05) is 18.2 Å². The zero-order valence-electron chi connectivity index (χ0n) is 15.1. The molecule has 0 heterocycles. The van der Waals surface area contributed by atoms with Crippen LogP contribution >= 0.6 is 0 Å². The summed E-state index contributed by atoms with van der Waals surface area (Å²) in [5.41, 5.74) is 2.77. The Bertz CT molecular complexity index is 787. The van der Waals surface area contributed by atoms with E-state index in [2.05, 4.69) is 5.32 Å². The van der Waals surface area contributed by atoms with Crippen molar-refractivity contribution in [2.75, 3.05) is 13.7 Å². The molecule has 0 aromatic heterocycles. The molecule has 5 heteroatoms. The molecular formula is C20H23NO4. The Hall–Kier alpha value is -2.69. The minimum atomic E-state index is -0.152. The van der Waals surface area contributed by atoms with Crippen molar-refractivity contribution in [2.24, 2.45) is 0 Å². The van der Waals surface area contributed by atoms with E-state index in [1.165, 1.54) is 0 Å². The molecule has 132 valence electrons. The van der Waals surface area contributed by atoms with Gasteiger partial charge in [0.15, 0.2) is 11.6 Å². The van der Waals surface area contributed by atoms with E-state index in [9.17, 15) is 14.4 Å². The maximum Gasteiger partial charge on any atom is 0.224 e. The molecule has 0 spiro atoms. The van der Waals surface area contributed by atoms with Gasteiger partial charge in [0, 0.05) is 34.4 Å². The van der Waals surface area contributed by atoms with Crippen LogP contribution in [0.15, 0.2) is 46.6 Å². The monoisotopic (exact) mass is 341 g/mol. The molecule has 0 bridgehead atoms. The van der Waals surface area contributed by atoms with Gasteiger partial charge < -0.3 is 10.1 Å². The number of allylic oxidation sites excluding steroid dienone is 3. The second-order valence-electron chi connectivity index (χ2n) is 6.10. The van der Waals surface area contributed by atoms with Gasteiger partial charge in [-0.25, -0.2) is 0 Å². The SMILES string of the molecule is COc1ccccc1CC(=O)NCCC1=C(C)C(=O)C(C)=C(C)C1=O. The number of nitrogens with one attached hydrogen (secondary N) is 1. The number of rotatable bonds is 6. The molecular weight excluding hydrogens is 318 g/mol. The van der Waals surface area contributed by atoms with Crippen LogP contribution in [0, 0.1) is 0 Å². The Morgan fingerprint density at radius 2 is 1.64 bits per heavy atom. The van der Waals surface area contributed by atoms with Gasteiger partial charge >= 0.3 is 0 Å². The first kappa shape index (κ1) is 18.6. The van der Waals surface area contributed by atoms with Crippen LogP contribution in [0.2, 0.25) is 0 Å². The molecule has 0 radical (unpaired) electrons. The molecule has 0 unspecified atom stereocenters. The van der Waals surface area contributed by atoms with Crippen molar-refractivity contribution in [3.05, 3.63) is 52.1 Å². The normalized spacial score (nSPS) is 14.9. The van der Waals surface area contributed by atoms with Crippen LogP contribution in [-0.2, 0) is 20.8 Å². The van der Waals surface area contributed by atoms with Crippen LogP contribution in [0.3, 0.4) is 0 Å². The molecule has 0 fully saturated rings. The highest BCUT2D eigenvalue weighted by molar-refractivity contribution is 6.24. The predicted octanol–water partition coefficient (Wildman–Crippen LogP) is 2.55. The number of carbonyl (C=O) groups is 3. The summed E-state index contributed by atoms with van der Waals surface area (Å²) in [5.74, 6) is 0.322. The average molecular weight is 341 g/mol. The van der Waals surface area contributed by atoms with Crippen LogP contribution in [0.25, 0.3) is 0 Å². The number of benzene rings is 1. The fourth-order valence-corrected chi connectivity index (χ4v) is 2.87. The number of carbonyl (C=O) groups excluding carboxylic acids is 3. The number of ether oxygens (including phenoxy) is 1. The van der Waals surface area contributed by atoms with Gasteiger partial charge in [-0.3, -0.25) is 14.4 Å². The highest BCUT2D eigenvalue weighted by atomic mass is 16.5. The third-order valence-electron chi connectivity index (χ3n) is 4.55. The molecule has 0 saturated carbocycles. The first-order chi connectivity index (χ1) is 11.9. The lowest BCUT2D eigenvalue weighted by Gasteiger charge is -2.18. The third-order valence-corrected chi connectivity index (χ3v) is 4.55. The van der Waals surface area contributed by atoms with E-state index < -0.39 is 0 Å². The van der Waals surface area contributed by atoms with Gasteiger partial charge in [0.1, 0.15) is 5.75 Å². The van der Waals surface area contributed by atoms with E-state index in [1.54, 1.807) is 33.9 Å². The minimum absolute atomic E-state index is 0.0903. The van der Waals surface area contributed by atoms with Gasteiger partial charge in [0.25, 0.3) is 0 Å². The average Bonchev–Trinajstić information content (AvgIpc) is 2.61. The minimum Gasteiger partial charge on any atom is -0.496 e. The van der Waals surface area contributed by atoms with Crippen molar-refractivity contribution in [2.45, 2.75) is 33.6 Å². The molecule has 5 nitrogen and oxygen atoms in total. The highest BCUT2D eigenvalue weighted by Crippen LogP contribution is 2.25. The van der Waals surface area contributed by atoms with Gasteiger partial charge in [0.2, 0.25) is 5.91 Å². The Kier molecular flexibility index (Phi) is 5.91. The van der Waals surface area contributed by atoms with Gasteiger partial charge in [-0.2, -0.15) is 0 Å². The summed E-state index contributed by atoms with van der Waals surface area (Å²) in [6.45, 7) is 5.32. The molecule has 2 rings (SSSR count). The summed E-state index contributed by atoms with van der Waals surface area (Å²) < 4.78 is 5.23. The predicted molar refractivity (Wildman–Crippen MR) is 95.4 cm³/mol. The zero-order chi connectivity index (χ0) is 18.6. The maximum absolute atomic E-state index is 12.3. The van der Waals surface area contributed by atoms with Crippen LogP contribution in [0.4, 0.5) is 0 Å². The molecule has 0 atom stereocenters. The topological polar surface area (TPSA) is 72.5 Å². The largest absolute Gasteiger partial charge is 0.496 e. The maximum atomic E-state index is 12.3.